The number of aliphatic carboxylic acids is 1. The second-order valence-electron chi connectivity index (χ2n) is 4.59. The van der Waals surface area contributed by atoms with E-state index in [2.05, 4.69) is 5.32 Å². The van der Waals surface area contributed by atoms with E-state index in [1.807, 2.05) is 0 Å². The molecular formula is C10H18N2O6S2. The first-order valence-electron chi connectivity index (χ1n) is 5.98. The molecule has 0 saturated carbocycles. The van der Waals surface area contributed by atoms with Crippen molar-refractivity contribution in [3.8, 4) is 0 Å². The van der Waals surface area contributed by atoms with E-state index >= 15 is 0 Å². The summed E-state index contributed by atoms with van der Waals surface area (Å²) >= 11 is 0. The van der Waals surface area contributed by atoms with Gasteiger partial charge >= 0.3 is 12.0 Å². The molecule has 1 aliphatic heterocycles. The molecule has 10 heteroatoms. The molecule has 116 valence electrons. The van der Waals surface area contributed by atoms with E-state index < -0.39 is 45.2 Å². The van der Waals surface area contributed by atoms with Crippen LogP contribution in [-0.2, 0) is 25.4 Å². The maximum Gasteiger partial charge on any atom is 0.323 e. The lowest BCUT2D eigenvalue weighted by molar-refractivity contribution is -0.138. The van der Waals surface area contributed by atoms with E-state index in [0.29, 0.717) is 0 Å². The fourth-order valence-electron chi connectivity index (χ4n) is 1.94. The highest BCUT2D eigenvalue weighted by atomic mass is 32.2. The largest absolute Gasteiger partial charge is 0.480 e. The second-order valence-corrected chi connectivity index (χ2v) is 8.37. The van der Waals surface area contributed by atoms with Crippen LogP contribution in [0.25, 0.3) is 0 Å². The molecule has 0 bridgehead atoms. The minimum absolute atomic E-state index is 0.0416. The van der Waals surface area contributed by atoms with E-state index in [1.54, 1.807) is 0 Å². The maximum absolute atomic E-state index is 11.9. The Bertz CT molecular complexity index is 504. The molecule has 8 nitrogen and oxygen atoms in total. The lowest BCUT2D eigenvalue weighted by Crippen LogP contribution is -2.49. The fraction of sp³-hybridized carbons (Fsp3) is 0.800. The van der Waals surface area contributed by atoms with Crippen LogP contribution in [0.15, 0.2) is 0 Å². The molecule has 1 rings (SSSR count). The number of carboxylic acid groups (broad SMARTS) is 1. The van der Waals surface area contributed by atoms with Crippen molar-refractivity contribution >= 4 is 32.6 Å². The zero-order chi connectivity index (χ0) is 15.3. The van der Waals surface area contributed by atoms with Crippen molar-refractivity contribution in [1.29, 1.82) is 0 Å². The van der Waals surface area contributed by atoms with Crippen LogP contribution in [-0.4, -0.2) is 77.3 Å². The highest BCUT2D eigenvalue weighted by Gasteiger charge is 2.35. The van der Waals surface area contributed by atoms with Crippen molar-refractivity contribution in [2.75, 3.05) is 36.6 Å². The number of carbonyl (C=O) groups is 2. The molecule has 0 aromatic heterocycles. The molecule has 20 heavy (non-hydrogen) atoms. The maximum atomic E-state index is 11.9. The molecule has 2 unspecified atom stereocenters. The minimum Gasteiger partial charge on any atom is -0.480 e. The highest BCUT2D eigenvalue weighted by molar-refractivity contribution is 7.91. The third-order valence-electron chi connectivity index (χ3n) is 2.88. The van der Waals surface area contributed by atoms with Crippen molar-refractivity contribution in [2.24, 2.45) is 0 Å². The first-order chi connectivity index (χ1) is 9.21. The normalized spacial score (nSPS) is 22.1. The number of carboxylic acids is 1. The smallest absolute Gasteiger partial charge is 0.323 e. The van der Waals surface area contributed by atoms with Gasteiger partial charge in [0.2, 0.25) is 0 Å². The van der Waals surface area contributed by atoms with Gasteiger partial charge in [-0.2, -0.15) is 0 Å². The number of nitrogens with one attached hydrogen (secondary N) is 1. The van der Waals surface area contributed by atoms with Gasteiger partial charge in [-0.15, -0.1) is 0 Å². The molecule has 1 heterocycles. The molecule has 0 radical (unpaired) electrons. The molecule has 2 amide bonds. The average molecular weight is 326 g/mol. The molecular weight excluding hydrogens is 308 g/mol. The fourth-order valence-corrected chi connectivity index (χ4v) is 4.06. The average Bonchev–Trinajstić information content (AvgIpc) is 2.65. The van der Waals surface area contributed by atoms with Crippen molar-refractivity contribution < 1.29 is 27.3 Å². The standard InChI is InChI=1S/C10H18N2O6S2/c1-19(16)4-3-11-10(15)12(6-9(13)14)8-2-5-20(17,18)7-8/h8H,2-7H2,1H3,(H,11,15)(H,13,14). The lowest BCUT2D eigenvalue weighted by atomic mass is 10.2. The molecule has 0 aromatic carbocycles. The van der Waals surface area contributed by atoms with Crippen LogP contribution in [0.2, 0.25) is 0 Å². The van der Waals surface area contributed by atoms with Gasteiger partial charge in [-0.1, -0.05) is 0 Å². The molecule has 0 spiro atoms. The van der Waals surface area contributed by atoms with Gasteiger partial charge in [-0.05, 0) is 6.42 Å². The Morgan fingerprint density at radius 2 is 2.10 bits per heavy atom. The molecule has 2 atom stereocenters. The number of rotatable bonds is 6. The number of hydrogen-bond acceptors (Lipinski definition) is 5. The first-order valence-corrected chi connectivity index (χ1v) is 9.53. The van der Waals surface area contributed by atoms with Gasteiger partial charge in [0.1, 0.15) is 6.54 Å². The summed E-state index contributed by atoms with van der Waals surface area (Å²) in [6.07, 6.45) is 1.73. The molecule has 0 aliphatic carbocycles. The van der Waals surface area contributed by atoms with Gasteiger partial charge in [-0.25, -0.2) is 13.2 Å². The summed E-state index contributed by atoms with van der Waals surface area (Å²) in [7, 11) is -4.27. The summed E-state index contributed by atoms with van der Waals surface area (Å²) < 4.78 is 33.7. The third-order valence-corrected chi connectivity index (χ3v) is 5.41. The van der Waals surface area contributed by atoms with E-state index in [1.165, 1.54) is 6.26 Å². The molecule has 2 N–H and O–H groups in total. The zero-order valence-electron chi connectivity index (χ0n) is 11.1. The summed E-state index contributed by atoms with van der Waals surface area (Å²) in [5.74, 6) is -1.20. The van der Waals surface area contributed by atoms with Crippen molar-refractivity contribution in [1.82, 2.24) is 10.2 Å². The summed E-state index contributed by atoms with van der Waals surface area (Å²) in [6, 6.07) is -1.26. The van der Waals surface area contributed by atoms with Crippen molar-refractivity contribution in [3.05, 3.63) is 0 Å². The Labute approximate surface area is 119 Å². The van der Waals surface area contributed by atoms with Crippen LogP contribution in [0.5, 0.6) is 0 Å². The van der Waals surface area contributed by atoms with Crippen LogP contribution in [0.3, 0.4) is 0 Å². The Hall–Kier alpha value is -1.16. The minimum atomic E-state index is -3.21. The van der Waals surface area contributed by atoms with Gasteiger partial charge in [0.05, 0.1) is 11.5 Å². The first kappa shape index (κ1) is 16.9. The predicted molar refractivity (Wildman–Crippen MR) is 73.7 cm³/mol. The van der Waals surface area contributed by atoms with Crippen LogP contribution in [0.1, 0.15) is 6.42 Å². The molecule has 0 aromatic rings. The highest BCUT2D eigenvalue weighted by Crippen LogP contribution is 2.17. The number of sulfone groups is 1. The van der Waals surface area contributed by atoms with E-state index in [-0.39, 0.29) is 30.2 Å². The Morgan fingerprint density at radius 3 is 2.55 bits per heavy atom. The number of carbonyl (C=O) groups excluding carboxylic acids is 1. The lowest BCUT2D eigenvalue weighted by Gasteiger charge is -2.26. The van der Waals surface area contributed by atoms with E-state index in [9.17, 15) is 22.2 Å². The van der Waals surface area contributed by atoms with Crippen LogP contribution in [0.4, 0.5) is 4.79 Å². The van der Waals surface area contributed by atoms with Crippen molar-refractivity contribution in [2.45, 2.75) is 12.5 Å². The summed E-state index contributed by atoms with van der Waals surface area (Å²) in [4.78, 5) is 23.7. The van der Waals surface area contributed by atoms with Crippen LogP contribution < -0.4 is 5.32 Å². The Balaban J connectivity index is 2.66. The molecule has 1 aliphatic rings. The quantitative estimate of drug-likeness (QED) is 0.622. The number of amides is 2. The number of hydrogen-bond donors (Lipinski definition) is 2. The van der Waals surface area contributed by atoms with Gasteiger partial charge in [0.15, 0.2) is 9.84 Å². The summed E-state index contributed by atoms with van der Waals surface area (Å²) in [5.41, 5.74) is 0. The van der Waals surface area contributed by atoms with E-state index in [0.717, 1.165) is 4.90 Å². The number of urea groups is 1. The SMILES string of the molecule is CS(=O)CCNC(=O)N(CC(=O)O)C1CCS(=O)(=O)C1. The summed E-state index contributed by atoms with van der Waals surface area (Å²) in [5, 5.41) is 11.3. The van der Waals surface area contributed by atoms with Crippen molar-refractivity contribution in [3.63, 3.8) is 0 Å². The van der Waals surface area contributed by atoms with Gasteiger partial charge in [0, 0.05) is 35.4 Å². The third kappa shape index (κ3) is 5.45. The van der Waals surface area contributed by atoms with Crippen LogP contribution >= 0.6 is 0 Å². The topological polar surface area (TPSA) is 121 Å². The molecule has 1 fully saturated rings. The number of nitrogens with zero attached hydrogens (tertiary/aromatic N) is 1. The monoisotopic (exact) mass is 326 g/mol. The Morgan fingerprint density at radius 1 is 1.45 bits per heavy atom. The predicted octanol–water partition coefficient (Wildman–Crippen LogP) is -1.35. The van der Waals surface area contributed by atoms with Gasteiger partial charge in [0.25, 0.3) is 0 Å². The summed E-state index contributed by atoms with van der Waals surface area (Å²) in [6.45, 7) is -0.404. The zero-order valence-corrected chi connectivity index (χ0v) is 12.7. The molecule has 1 saturated heterocycles. The van der Waals surface area contributed by atoms with Gasteiger partial charge < -0.3 is 15.3 Å². The van der Waals surface area contributed by atoms with E-state index in [4.69, 9.17) is 5.11 Å². The van der Waals surface area contributed by atoms with Gasteiger partial charge in [-0.3, -0.25) is 9.00 Å². The Kier molecular flexibility index (Phi) is 5.93. The van der Waals surface area contributed by atoms with Crippen LogP contribution in [0, 0.1) is 0 Å². The second kappa shape index (κ2) is 7.02.